The van der Waals surface area contributed by atoms with Gasteiger partial charge in [-0.15, -0.1) is 0 Å². The number of rotatable bonds is 3. The van der Waals surface area contributed by atoms with Crippen molar-refractivity contribution >= 4 is 15.9 Å². The molecule has 0 saturated carbocycles. The first-order valence-electron chi connectivity index (χ1n) is 5.98. The van der Waals surface area contributed by atoms with Crippen molar-refractivity contribution in [2.24, 2.45) is 0 Å². The lowest BCUT2D eigenvalue weighted by molar-refractivity contribution is 0.0696. The van der Waals surface area contributed by atoms with Crippen LogP contribution in [-0.2, 0) is 10.0 Å². The van der Waals surface area contributed by atoms with Crippen molar-refractivity contribution in [3.05, 3.63) is 24.3 Å². The molecule has 0 aliphatic carbocycles. The van der Waals surface area contributed by atoms with Crippen LogP contribution in [0.15, 0.2) is 18.6 Å². The van der Waals surface area contributed by atoms with Crippen LogP contribution < -0.4 is 4.72 Å². The summed E-state index contributed by atoms with van der Waals surface area (Å²) in [4.78, 5) is 21.6. The third-order valence-corrected chi connectivity index (χ3v) is 3.63. The van der Waals surface area contributed by atoms with E-state index in [9.17, 15) is 13.2 Å². The molecule has 1 fully saturated rings. The van der Waals surface area contributed by atoms with Crippen LogP contribution in [0.2, 0.25) is 0 Å². The predicted octanol–water partition coefficient (Wildman–Crippen LogP) is -0.370. The molecule has 19 heavy (non-hydrogen) atoms. The minimum absolute atomic E-state index is 0.215. The van der Waals surface area contributed by atoms with Crippen LogP contribution in [0.5, 0.6) is 0 Å². The molecule has 1 aliphatic heterocycles. The normalized spacial score (nSPS) is 20.3. The summed E-state index contributed by atoms with van der Waals surface area (Å²) in [6, 6.07) is -0.232. The lowest BCUT2D eigenvalue weighted by atomic mass is 10.1. The number of carbonyl (C=O) groups is 1. The van der Waals surface area contributed by atoms with Gasteiger partial charge in [-0.05, 0) is 12.8 Å². The van der Waals surface area contributed by atoms with Crippen molar-refractivity contribution < 1.29 is 13.2 Å². The number of sulfonamides is 1. The Morgan fingerprint density at radius 2 is 2.26 bits per heavy atom. The summed E-state index contributed by atoms with van der Waals surface area (Å²) in [5, 5.41) is 0. The number of hydrogen-bond donors (Lipinski definition) is 1. The Balaban J connectivity index is 2.03. The highest BCUT2D eigenvalue weighted by molar-refractivity contribution is 7.88. The van der Waals surface area contributed by atoms with E-state index in [2.05, 4.69) is 14.7 Å². The lowest BCUT2D eigenvalue weighted by Gasteiger charge is -2.32. The second-order valence-electron chi connectivity index (χ2n) is 4.57. The number of nitrogens with one attached hydrogen (secondary N) is 1. The van der Waals surface area contributed by atoms with Gasteiger partial charge >= 0.3 is 0 Å². The quantitative estimate of drug-likeness (QED) is 0.817. The van der Waals surface area contributed by atoms with Gasteiger partial charge in [0.2, 0.25) is 10.0 Å². The largest absolute Gasteiger partial charge is 0.336 e. The molecule has 0 spiro atoms. The number of carbonyl (C=O) groups excluding carboxylic acids is 1. The monoisotopic (exact) mass is 284 g/mol. The van der Waals surface area contributed by atoms with Gasteiger partial charge in [0, 0.05) is 31.5 Å². The Kier molecular flexibility index (Phi) is 4.11. The SMILES string of the molecule is CS(=O)(=O)N[C@H]1CCCN(C(=O)c2cnccn2)C1. The van der Waals surface area contributed by atoms with Crippen LogP contribution >= 0.6 is 0 Å². The second kappa shape index (κ2) is 5.62. The summed E-state index contributed by atoms with van der Waals surface area (Å²) < 4.78 is 25.0. The molecule has 1 aliphatic rings. The van der Waals surface area contributed by atoms with Gasteiger partial charge in [0.1, 0.15) is 5.69 Å². The zero-order valence-corrected chi connectivity index (χ0v) is 11.4. The van der Waals surface area contributed by atoms with Crippen LogP contribution in [0.4, 0.5) is 0 Å². The molecule has 0 aromatic carbocycles. The fourth-order valence-corrected chi connectivity index (χ4v) is 2.93. The predicted molar refractivity (Wildman–Crippen MR) is 68.9 cm³/mol. The maximum atomic E-state index is 12.2. The van der Waals surface area contributed by atoms with E-state index < -0.39 is 10.0 Å². The summed E-state index contributed by atoms with van der Waals surface area (Å²) in [6.45, 7) is 0.972. The second-order valence-corrected chi connectivity index (χ2v) is 6.35. The van der Waals surface area contributed by atoms with Crippen molar-refractivity contribution in [1.29, 1.82) is 0 Å². The minimum Gasteiger partial charge on any atom is -0.336 e. The van der Waals surface area contributed by atoms with E-state index in [0.717, 1.165) is 19.1 Å². The summed E-state index contributed by atoms with van der Waals surface area (Å²) in [5.74, 6) is -0.215. The van der Waals surface area contributed by atoms with Crippen molar-refractivity contribution in [3.8, 4) is 0 Å². The van der Waals surface area contributed by atoms with Crippen molar-refractivity contribution in [1.82, 2.24) is 19.6 Å². The number of piperidine rings is 1. The molecular weight excluding hydrogens is 268 g/mol. The highest BCUT2D eigenvalue weighted by Gasteiger charge is 2.26. The van der Waals surface area contributed by atoms with Gasteiger partial charge in [-0.3, -0.25) is 9.78 Å². The maximum Gasteiger partial charge on any atom is 0.274 e. The van der Waals surface area contributed by atoms with E-state index in [1.165, 1.54) is 18.6 Å². The molecule has 8 heteroatoms. The molecule has 0 radical (unpaired) electrons. The van der Waals surface area contributed by atoms with Gasteiger partial charge in [0.25, 0.3) is 5.91 Å². The minimum atomic E-state index is -3.25. The number of hydrogen-bond acceptors (Lipinski definition) is 5. The van der Waals surface area contributed by atoms with E-state index >= 15 is 0 Å². The van der Waals surface area contributed by atoms with Gasteiger partial charge < -0.3 is 4.90 Å². The van der Waals surface area contributed by atoms with Crippen molar-refractivity contribution in [2.45, 2.75) is 18.9 Å². The average Bonchev–Trinajstić information content (AvgIpc) is 2.37. The van der Waals surface area contributed by atoms with Crippen LogP contribution in [0, 0.1) is 0 Å². The van der Waals surface area contributed by atoms with Gasteiger partial charge in [-0.1, -0.05) is 0 Å². The van der Waals surface area contributed by atoms with E-state index in [4.69, 9.17) is 0 Å². The van der Waals surface area contributed by atoms with Gasteiger partial charge in [0.15, 0.2) is 0 Å². The Hall–Kier alpha value is -1.54. The molecule has 104 valence electrons. The molecule has 0 unspecified atom stereocenters. The van der Waals surface area contributed by atoms with Crippen molar-refractivity contribution in [3.63, 3.8) is 0 Å². The molecule has 1 amide bonds. The van der Waals surface area contributed by atoms with Crippen LogP contribution in [0.1, 0.15) is 23.3 Å². The first-order valence-corrected chi connectivity index (χ1v) is 7.87. The van der Waals surface area contributed by atoms with Crippen molar-refractivity contribution in [2.75, 3.05) is 19.3 Å². The fourth-order valence-electron chi connectivity index (χ4n) is 2.13. The van der Waals surface area contributed by atoms with E-state index in [0.29, 0.717) is 13.1 Å². The maximum absolute atomic E-state index is 12.2. The van der Waals surface area contributed by atoms with Gasteiger partial charge in [-0.2, -0.15) is 0 Å². The molecule has 2 heterocycles. The topological polar surface area (TPSA) is 92.3 Å². The molecule has 0 bridgehead atoms. The lowest BCUT2D eigenvalue weighted by Crippen LogP contribution is -2.49. The van der Waals surface area contributed by atoms with E-state index in [1.54, 1.807) is 4.90 Å². The Morgan fingerprint density at radius 3 is 2.89 bits per heavy atom. The average molecular weight is 284 g/mol. The number of likely N-dealkylation sites (tertiary alicyclic amines) is 1. The zero-order chi connectivity index (χ0) is 13.9. The molecule has 1 saturated heterocycles. The third-order valence-electron chi connectivity index (χ3n) is 2.87. The Bertz CT molecular complexity index is 546. The summed E-state index contributed by atoms with van der Waals surface area (Å²) in [5.41, 5.74) is 0.280. The highest BCUT2D eigenvalue weighted by Crippen LogP contribution is 2.13. The molecular formula is C11H16N4O3S. The molecule has 1 atom stereocenters. The first kappa shape index (κ1) is 13.9. The molecule has 1 aromatic heterocycles. The number of aromatic nitrogens is 2. The first-order chi connectivity index (χ1) is 8.96. The Morgan fingerprint density at radius 1 is 1.47 bits per heavy atom. The molecule has 1 aromatic rings. The van der Waals surface area contributed by atoms with E-state index in [-0.39, 0.29) is 17.6 Å². The smallest absolute Gasteiger partial charge is 0.274 e. The summed E-state index contributed by atoms with van der Waals surface area (Å²) in [7, 11) is -3.25. The summed E-state index contributed by atoms with van der Waals surface area (Å²) >= 11 is 0. The highest BCUT2D eigenvalue weighted by atomic mass is 32.2. The van der Waals surface area contributed by atoms with Gasteiger partial charge in [0.05, 0.1) is 12.5 Å². The van der Waals surface area contributed by atoms with E-state index in [1.807, 2.05) is 0 Å². The molecule has 7 nitrogen and oxygen atoms in total. The standard InChI is InChI=1S/C11H16N4O3S/c1-19(17,18)14-9-3-2-6-15(8-9)11(16)10-7-12-4-5-13-10/h4-5,7,9,14H,2-3,6,8H2,1H3/t9-/m0/s1. The summed E-state index contributed by atoms with van der Waals surface area (Å²) in [6.07, 6.45) is 6.99. The fraction of sp³-hybridized carbons (Fsp3) is 0.545. The van der Waals surface area contributed by atoms with Gasteiger partial charge in [-0.25, -0.2) is 18.1 Å². The van der Waals surface area contributed by atoms with Crippen LogP contribution in [0.3, 0.4) is 0 Å². The number of amides is 1. The van der Waals surface area contributed by atoms with Crippen LogP contribution in [0.25, 0.3) is 0 Å². The zero-order valence-electron chi connectivity index (χ0n) is 10.6. The molecule has 1 N–H and O–H groups in total. The number of nitrogens with zero attached hydrogens (tertiary/aromatic N) is 3. The van der Waals surface area contributed by atoms with Crippen LogP contribution in [-0.4, -0.2) is 54.6 Å². The Labute approximate surface area is 112 Å². The third kappa shape index (κ3) is 3.97. The molecule has 2 rings (SSSR count).